The first-order valence-electron chi connectivity index (χ1n) is 7.46. The Bertz CT molecular complexity index is 694. The van der Waals surface area contributed by atoms with E-state index in [1.54, 1.807) is 0 Å². The van der Waals surface area contributed by atoms with Crippen molar-refractivity contribution in [3.63, 3.8) is 0 Å². The van der Waals surface area contributed by atoms with E-state index in [0.717, 1.165) is 12.0 Å². The Labute approximate surface area is 127 Å². The molecule has 4 aliphatic rings. The minimum absolute atomic E-state index is 0.130. The van der Waals surface area contributed by atoms with E-state index in [1.165, 1.54) is 0 Å². The predicted octanol–water partition coefficient (Wildman–Crippen LogP) is 2.47. The summed E-state index contributed by atoms with van der Waals surface area (Å²) >= 11 is 0. The van der Waals surface area contributed by atoms with E-state index < -0.39 is 0 Å². The van der Waals surface area contributed by atoms with E-state index >= 15 is 0 Å². The Morgan fingerprint density at radius 3 is 2.23 bits per heavy atom. The van der Waals surface area contributed by atoms with Crippen molar-refractivity contribution in [3.05, 3.63) is 35.9 Å². The second kappa shape index (κ2) is 4.56. The van der Waals surface area contributed by atoms with E-state index in [9.17, 15) is 15.6 Å². The average molecular weight is 299 g/mol. The molecule has 4 fully saturated rings. The average Bonchev–Trinajstić information content (AvgIpc) is 2.56. The Kier molecular flexibility index (Phi) is 2.76. The molecule has 3 N–H and O–H groups in total. The molecule has 5 rings (SSSR count). The Hall–Kier alpha value is -2.37. The van der Waals surface area contributed by atoms with Gasteiger partial charge in [0.05, 0.1) is 17.1 Å². The van der Waals surface area contributed by atoms with Crippen molar-refractivity contribution in [2.45, 2.75) is 24.7 Å². The van der Waals surface area contributed by atoms with Crippen LogP contribution in [0.1, 0.15) is 24.8 Å². The summed E-state index contributed by atoms with van der Waals surface area (Å²) in [5.41, 5.74) is 2.68. The van der Waals surface area contributed by atoms with Crippen LogP contribution in [0.5, 0.6) is 0 Å². The van der Waals surface area contributed by atoms with E-state index in [0.29, 0.717) is 30.0 Å². The van der Waals surface area contributed by atoms with Gasteiger partial charge in [-0.15, -0.1) is 0 Å². The Morgan fingerprint density at radius 2 is 1.59 bits per heavy atom. The van der Waals surface area contributed by atoms with Crippen LogP contribution in [0.2, 0.25) is 0 Å². The molecule has 4 bridgehead atoms. The molecule has 0 aliphatic heterocycles. The topological polar surface area (TPSA) is 97.8 Å². The number of nitrogens with zero attached hydrogens (tertiary/aromatic N) is 3. The third kappa shape index (κ3) is 1.47. The molecule has 4 atom stereocenters. The number of hydrogen-bond donors (Lipinski definition) is 3. The lowest BCUT2D eigenvalue weighted by Crippen LogP contribution is -2.63. The van der Waals surface area contributed by atoms with Crippen molar-refractivity contribution in [1.29, 1.82) is 0 Å². The van der Waals surface area contributed by atoms with Crippen LogP contribution in [0.25, 0.3) is 0 Å². The molecular weight excluding hydrogens is 282 g/mol. The van der Waals surface area contributed by atoms with Gasteiger partial charge in [0.15, 0.2) is 0 Å². The van der Waals surface area contributed by atoms with Gasteiger partial charge in [0.2, 0.25) is 0 Å². The normalized spacial score (nSPS) is 41.6. The lowest BCUT2D eigenvalue weighted by atomic mass is 9.45. The van der Waals surface area contributed by atoms with Crippen LogP contribution in [0, 0.1) is 17.8 Å². The van der Waals surface area contributed by atoms with Crippen molar-refractivity contribution in [1.82, 2.24) is 0 Å². The second-order valence-electron chi connectivity index (χ2n) is 6.43. The summed E-state index contributed by atoms with van der Waals surface area (Å²) in [5.74, 6) is -0.235. The second-order valence-corrected chi connectivity index (χ2v) is 6.43. The van der Waals surface area contributed by atoms with E-state index in [-0.39, 0.29) is 23.2 Å². The first-order chi connectivity index (χ1) is 10.7. The molecule has 4 aliphatic carbocycles. The van der Waals surface area contributed by atoms with Gasteiger partial charge in [-0.2, -0.15) is 0 Å². The minimum Gasteiger partial charge on any atom is -0.411 e. The number of rotatable bonds is 1. The first-order valence-corrected chi connectivity index (χ1v) is 7.46. The van der Waals surface area contributed by atoms with E-state index in [4.69, 9.17) is 0 Å². The van der Waals surface area contributed by atoms with Crippen LogP contribution in [0.15, 0.2) is 45.8 Å². The van der Waals surface area contributed by atoms with Gasteiger partial charge >= 0.3 is 0 Å². The quantitative estimate of drug-likeness (QED) is 0.549. The number of benzene rings is 1. The zero-order chi connectivity index (χ0) is 15.3. The lowest BCUT2D eigenvalue weighted by molar-refractivity contribution is 0.231. The first kappa shape index (κ1) is 13.3. The van der Waals surface area contributed by atoms with Gasteiger partial charge in [-0.1, -0.05) is 45.8 Å². The summed E-state index contributed by atoms with van der Waals surface area (Å²) in [7, 11) is 0. The zero-order valence-electron chi connectivity index (χ0n) is 11.9. The maximum absolute atomic E-state index is 9.63. The molecule has 4 saturated carbocycles. The molecule has 0 spiro atoms. The molecular formula is C16H17N3O3. The van der Waals surface area contributed by atoms with Crippen molar-refractivity contribution < 1.29 is 15.6 Å². The molecule has 1 aromatic rings. The highest BCUT2D eigenvalue weighted by molar-refractivity contribution is 6.25. The third-order valence-corrected chi connectivity index (χ3v) is 5.64. The molecule has 22 heavy (non-hydrogen) atoms. The lowest BCUT2D eigenvalue weighted by Gasteiger charge is -2.56. The molecule has 4 unspecified atom stereocenters. The number of oxime groups is 3. The fraction of sp³-hybridized carbons (Fsp3) is 0.438. The van der Waals surface area contributed by atoms with Gasteiger partial charge in [-0.3, -0.25) is 0 Å². The van der Waals surface area contributed by atoms with Crippen molar-refractivity contribution in [2.75, 3.05) is 0 Å². The summed E-state index contributed by atoms with van der Waals surface area (Å²) in [6, 6.07) is 10.0. The molecule has 0 radical (unpaired) electrons. The summed E-state index contributed by atoms with van der Waals surface area (Å²) in [5, 5.41) is 38.9. The fourth-order valence-electron chi connectivity index (χ4n) is 4.85. The zero-order valence-corrected chi connectivity index (χ0v) is 11.9. The standard InChI is InChI=1S/C16H17N3O3/c20-17-13-9-6-11-14(18-21)12(13)8-16(7-9,15(11)19-22)10-4-2-1-3-5-10/h1-5,9,11-12,20-22H,6-8H2/b17-13+,18-14-,19-15-. The van der Waals surface area contributed by atoms with Gasteiger partial charge in [0.1, 0.15) is 0 Å². The van der Waals surface area contributed by atoms with Crippen LogP contribution in [-0.2, 0) is 5.41 Å². The summed E-state index contributed by atoms with van der Waals surface area (Å²) in [6.07, 6.45) is 2.05. The summed E-state index contributed by atoms with van der Waals surface area (Å²) in [4.78, 5) is 0. The van der Waals surface area contributed by atoms with E-state index in [2.05, 4.69) is 15.5 Å². The molecule has 0 heterocycles. The predicted molar refractivity (Wildman–Crippen MR) is 80.1 cm³/mol. The molecule has 0 saturated heterocycles. The molecule has 114 valence electrons. The van der Waals surface area contributed by atoms with Crippen LogP contribution in [-0.4, -0.2) is 32.8 Å². The molecule has 0 amide bonds. The Balaban J connectivity index is 1.92. The van der Waals surface area contributed by atoms with Crippen LogP contribution >= 0.6 is 0 Å². The molecule has 1 aromatic carbocycles. The van der Waals surface area contributed by atoms with Gasteiger partial charge in [-0.25, -0.2) is 0 Å². The molecule has 6 heteroatoms. The summed E-state index contributed by atoms with van der Waals surface area (Å²) < 4.78 is 0. The van der Waals surface area contributed by atoms with Crippen LogP contribution in [0.4, 0.5) is 0 Å². The third-order valence-electron chi connectivity index (χ3n) is 5.64. The van der Waals surface area contributed by atoms with Gasteiger partial charge in [0.25, 0.3) is 0 Å². The molecule has 6 nitrogen and oxygen atoms in total. The maximum atomic E-state index is 9.63. The highest BCUT2D eigenvalue weighted by Crippen LogP contribution is 2.57. The fourth-order valence-corrected chi connectivity index (χ4v) is 4.85. The highest BCUT2D eigenvalue weighted by Gasteiger charge is 2.62. The van der Waals surface area contributed by atoms with Crippen LogP contribution < -0.4 is 0 Å². The van der Waals surface area contributed by atoms with Crippen LogP contribution in [0.3, 0.4) is 0 Å². The van der Waals surface area contributed by atoms with Crippen molar-refractivity contribution >= 4 is 17.1 Å². The van der Waals surface area contributed by atoms with Gasteiger partial charge in [-0.05, 0) is 24.8 Å². The maximum Gasteiger partial charge on any atom is 0.0765 e. The summed E-state index contributed by atoms with van der Waals surface area (Å²) in [6.45, 7) is 0. The molecule has 0 aromatic heterocycles. The highest BCUT2D eigenvalue weighted by atomic mass is 16.4. The van der Waals surface area contributed by atoms with E-state index in [1.807, 2.05) is 30.3 Å². The number of hydrogen-bond acceptors (Lipinski definition) is 6. The SMILES string of the molecule is O/N=C1/C2CC3CC1(c1ccccc1)CC(/C3=N/O)/C2=N\O. The van der Waals surface area contributed by atoms with Gasteiger partial charge < -0.3 is 15.6 Å². The Morgan fingerprint density at radius 1 is 0.864 bits per heavy atom. The smallest absolute Gasteiger partial charge is 0.0765 e. The minimum atomic E-state index is -0.364. The van der Waals surface area contributed by atoms with Gasteiger partial charge in [0, 0.05) is 23.2 Å². The monoisotopic (exact) mass is 299 g/mol. The van der Waals surface area contributed by atoms with Crippen molar-refractivity contribution in [3.8, 4) is 0 Å². The largest absolute Gasteiger partial charge is 0.411 e. The van der Waals surface area contributed by atoms with Crippen molar-refractivity contribution in [2.24, 2.45) is 33.2 Å².